The molecule has 0 radical (unpaired) electrons. The highest BCUT2D eigenvalue weighted by Crippen LogP contribution is 2.17. The van der Waals surface area contributed by atoms with Crippen molar-refractivity contribution in [2.75, 3.05) is 5.32 Å². The van der Waals surface area contributed by atoms with Crippen LogP contribution in [0.25, 0.3) is 0 Å². The molecule has 0 aliphatic rings. The summed E-state index contributed by atoms with van der Waals surface area (Å²) in [5.41, 5.74) is 1.62. The van der Waals surface area contributed by atoms with Crippen LogP contribution in [0.4, 0.5) is 16.2 Å². The number of non-ortho nitro benzene ring substituents is 1. The molecule has 0 atom stereocenters. The van der Waals surface area contributed by atoms with E-state index in [2.05, 4.69) is 10.0 Å². The highest BCUT2D eigenvalue weighted by Gasteiger charge is 2.06. The maximum atomic E-state index is 11.7. The van der Waals surface area contributed by atoms with Gasteiger partial charge in [-0.05, 0) is 43.1 Å². The lowest BCUT2D eigenvalue weighted by Crippen LogP contribution is -2.22. The first kappa shape index (κ1) is 14.9. The van der Waals surface area contributed by atoms with E-state index in [9.17, 15) is 14.9 Å². The van der Waals surface area contributed by atoms with Crippen LogP contribution in [-0.4, -0.2) is 11.0 Å². The Kier molecular flexibility index (Phi) is 4.78. The molecule has 2 rings (SSSR count). The highest BCUT2D eigenvalue weighted by molar-refractivity contribution is 7.98. The molecule has 2 aromatic carbocycles. The van der Waals surface area contributed by atoms with Crippen molar-refractivity contribution in [2.24, 2.45) is 0 Å². The minimum Gasteiger partial charge on any atom is -0.307 e. The lowest BCUT2D eigenvalue weighted by Gasteiger charge is -2.06. The first-order valence-electron chi connectivity index (χ1n) is 6.09. The molecule has 0 spiro atoms. The summed E-state index contributed by atoms with van der Waals surface area (Å²) in [6, 6.07) is 13.0. The van der Waals surface area contributed by atoms with Crippen molar-refractivity contribution in [3.63, 3.8) is 0 Å². The molecule has 0 fully saturated rings. The summed E-state index contributed by atoms with van der Waals surface area (Å²) in [5.74, 6) is 0. The van der Waals surface area contributed by atoms with Gasteiger partial charge in [-0.15, -0.1) is 0 Å². The molecule has 0 saturated carbocycles. The number of benzene rings is 2. The number of nitro groups is 1. The van der Waals surface area contributed by atoms with Gasteiger partial charge in [0.15, 0.2) is 0 Å². The molecule has 2 aromatic rings. The van der Waals surface area contributed by atoms with Crippen LogP contribution in [0.1, 0.15) is 5.56 Å². The number of rotatable bonds is 4. The largest absolute Gasteiger partial charge is 0.329 e. The first-order chi connectivity index (χ1) is 10.0. The van der Waals surface area contributed by atoms with Gasteiger partial charge in [0.1, 0.15) is 0 Å². The Hall–Kier alpha value is -2.54. The molecule has 0 aliphatic carbocycles. The van der Waals surface area contributed by atoms with Gasteiger partial charge in [-0.2, -0.15) is 0 Å². The molecule has 2 N–H and O–H groups in total. The third kappa shape index (κ3) is 4.50. The standard InChI is InChI=1S/C14H13N3O3S/c1-10-2-8-13(9-3-10)21-16-14(18)15-11-4-6-12(7-5-11)17(19)20/h2-9H,1H3,(H2,15,16,18). The van der Waals surface area contributed by atoms with Crippen LogP contribution in [0.5, 0.6) is 0 Å². The summed E-state index contributed by atoms with van der Waals surface area (Å²) in [5, 5.41) is 13.1. The van der Waals surface area contributed by atoms with E-state index in [0.717, 1.165) is 10.5 Å². The van der Waals surface area contributed by atoms with E-state index >= 15 is 0 Å². The van der Waals surface area contributed by atoms with Crippen molar-refractivity contribution in [3.8, 4) is 0 Å². The second-order valence-electron chi connectivity index (χ2n) is 4.28. The number of anilines is 1. The smallest absolute Gasteiger partial charge is 0.307 e. The Morgan fingerprint density at radius 3 is 2.29 bits per heavy atom. The minimum atomic E-state index is -0.489. The third-order valence-electron chi connectivity index (χ3n) is 2.62. The van der Waals surface area contributed by atoms with Crippen LogP contribution < -0.4 is 10.0 Å². The number of hydrogen-bond donors (Lipinski definition) is 2. The first-order valence-corrected chi connectivity index (χ1v) is 6.91. The molecule has 108 valence electrons. The predicted molar refractivity (Wildman–Crippen MR) is 82.3 cm³/mol. The van der Waals surface area contributed by atoms with Crippen LogP contribution in [0.2, 0.25) is 0 Å². The summed E-state index contributed by atoms with van der Waals surface area (Å²) in [6.45, 7) is 1.99. The Morgan fingerprint density at radius 2 is 1.71 bits per heavy atom. The average Bonchev–Trinajstić information content (AvgIpc) is 2.47. The summed E-state index contributed by atoms with van der Waals surface area (Å²) in [4.78, 5) is 22.6. The number of hydrogen-bond acceptors (Lipinski definition) is 4. The molecule has 7 heteroatoms. The van der Waals surface area contributed by atoms with E-state index in [1.807, 2.05) is 31.2 Å². The molecule has 21 heavy (non-hydrogen) atoms. The van der Waals surface area contributed by atoms with Gasteiger partial charge < -0.3 is 5.32 Å². The maximum absolute atomic E-state index is 11.7. The number of nitrogens with one attached hydrogen (secondary N) is 2. The minimum absolute atomic E-state index is 0.0185. The predicted octanol–water partition coefficient (Wildman–Crippen LogP) is 3.73. The Labute approximate surface area is 125 Å². The second-order valence-corrected chi connectivity index (χ2v) is 5.15. The number of aryl methyl sites for hydroxylation is 1. The van der Waals surface area contributed by atoms with Crippen LogP contribution in [0, 0.1) is 17.0 Å². The third-order valence-corrected chi connectivity index (χ3v) is 3.41. The number of urea groups is 1. The fourth-order valence-corrected chi connectivity index (χ4v) is 2.07. The number of nitro benzene ring substituents is 1. The van der Waals surface area contributed by atoms with E-state index in [0.29, 0.717) is 5.69 Å². The van der Waals surface area contributed by atoms with Gasteiger partial charge in [-0.3, -0.25) is 14.8 Å². The van der Waals surface area contributed by atoms with Gasteiger partial charge in [0.05, 0.1) is 4.92 Å². The van der Waals surface area contributed by atoms with Crippen LogP contribution in [0.3, 0.4) is 0 Å². The molecule has 0 aliphatic heterocycles. The molecule has 2 amide bonds. The molecule has 0 bridgehead atoms. The molecule has 0 unspecified atom stereocenters. The number of carbonyl (C=O) groups is 1. The van der Waals surface area contributed by atoms with Crippen molar-refractivity contribution >= 4 is 29.4 Å². The normalized spacial score (nSPS) is 9.95. The van der Waals surface area contributed by atoms with Gasteiger partial charge in [0.2, 0.25) is 0 Å². The molecule has 0 saturated heterocycles. The molecule has 6 nitrogen and oxygen atoms in total. The fraction of sp³-hybridized carbons (Fsp3) is 0.0714. The van der Waals surface area contributed by atoms with Crippen LogP contribution in [-0.2, 0) is 0 Å². The van der Waals surface area contributed by atoms with E-state index in [-0.39, 0.29) is 5.69 Å². The summed E-state index contributed by atoms with van der Waals surface area (Å²) < 4.78 is 2.64. The van der Waals surface area contributed by atoms with Gasteiger partial charge in [0.25, 0.3) is 5.69 Å². The lowest BCUT2D eigenvalue weighted by molar-refractivity contribution is -0.384. The van der Waals surface area contributed by atoms with Gasteiger partial charge >= 0.3 is 6.03 Å². The molecule has 0 aromatic heterocycles. The van der Waals surface area contributed by atoms with Crippen LogP contribution >= 0.6 is 11.9 Å². The van der Waals surface area contributed by atoms with Gasteiger partial charge in [-0.25, -0.2) is 4.79 Å². The Balaban J connectivity index is 1.86. The van der Waals surface area contributed by atoms with Crippen molar-refractivity contribution in [1.29, 1.82) is 0 Å². The maximum Gasteiger partial charge on any atom is 0.329 e. The highest BCUT2D eigenvalue weighted by atomic mass is 32.2. The Morgan fingerprint density at radius 1 is 1.10 bits per heavy atom. The van der Waals surface area contributed by atoms with E-state index < -0.39 is 11.0 Å². The van der Waals surface area contributed by atoms with Crippen molar-refractivity contribution in [2.45, 2.75) is 11.8 Å². The van der Waals surface area contributed by atoms with E-state index in [4.69, 9.17) is 0 Å². The molecular formula is C14H13N3O3S. The topological polar surface area (TPSA) is 84.3 Å². The van der Waals surface area contributed by atoms with Crippen molar-refractivity contribution in [3.05, 3.63) is 64.2 Å². The molecule has 0 heterocycles. The van der Waals surface area contributed by atoms with Gasteiger partial charge in [-0.1, -0.05) is 17.7 Å². The van der Waals surface area contributed by atoms with Crippen molar-refractivity contribution in [1.82, 2.24) is 4.72 Å². The number of carbonyl (C=O) groups excluding carboxylic acids is 1. The summed E-state index contributed by atoms with van der Waals surface area (Å²) in [6.07, 6.45) is 0. The fourth-order valence-electron chi connectivity index (χ4n) is 1.53. The quantitative estimate of drug-likeness (QED) is 0.512. The second kappa shape index (κ2) is 6.76. The lowest BCUT2D eigenvalue weighted by atomic mass is 10.2. The Bertz CT molecular complexity index is 642. The zero-order valence-corrected chi connectivity index (χ0v) is 12.0. The summed E-state index contributed by atoms with van der Waals surface area (Å²) in [7, 11) is 0. The number of nitrogens with zero attached hydrogens (tertiary/aromatic N) is 1. The monoisotopic (exact) mass is 303 g/mol. The molecular weight excluding hydrogens is 290 g/mol. The van der Waals surface area contributed by atoms with E-state index in [1.54, 1.807) is 0 Å². The van der Waals surface area contributed by atoms with Crippen molar-refractivity contribution < 1.29 is 9.72 Å². The number of amides is 2. The summed E-state index contributed by atoms with van der Waals surface area (Å²) >= 11 is 1.19. The van der Waals surface area contributed by atoms with Gasteiger partial charge in [0, 0.05) is 22.7 Å². The SMILES string of the molecule is Cc1ccc(SNC(=O)Nc2ccc([N+](=O)[O-])cc2)cc1. The van der Waals surface area contributed by atoms with Crippen LogP contribution in [0.15, 0.2) is 53.4 Å². The zero-order valence-electron chi connectivity index (χ0n) is 11.2. The van der Waals surface area contributed by atoms with E-state index in [1.165, 1.54) is 36.2 Å². The zero-order chi connectivity index (χ0) is 15.2. The average molecular weight is 303 g/mol.